The van der Waals surface area contributed by atoms with Crippen LogP contribution in [0.15, 0.2) is 42.9 Å². The Hall–Kier alpha value is -2.18. The molecule has 0 bridgehead atoms. The molecule has 0 spiro atoms. The van der Waals surface area contributed by atoms with Gasteiger partial charge in [0.25, 0.3) is 0 Å². The molecule has 1 fully saturated rings. The summed E-state index contributed by atoms with van der Waals surface area (Å²) in [6.45, 7) is 5.18. The SMILES string of the molecule is CCNc1ncc([C@@H]2CCCN2Cc2ccc(-c3cnn(C)c3)cc2)s1. The van der Waals surface area contributed by atoms with Gasteiger partial charge in [0.1, 0.15) is 0 Å². The van der Waals surface area contributed by atoms with Crippen LogP contribution in [0, 0.1) is 0 Å². The van der Waals surface area contributed by atoms with Crippen LogP contribution in [0.5, 0.6) is 0 Å². The number of anilines is 1. The fourth-order valence-corrected chi connectivity index (χ4v) is 4.67. The van der Waals surface area contributed by atoms with E-state index in [1.807, 2.05) is 17.9 Å². The van der Waals surface area contributed by atoms with Gasteiger partial charge in [-0.3, -0.25) is 9.58 Å². The molecule has 1 saturated heterocycles. The van der Waals surface area contributed by atoms with Crippen molar-refractivity contribution >= 4 is 16.5 Å². The number of thiazole rings is 1. The largest absolute Gasteiger partial charge is 0.362 e. The Morgan fingerprint density at radius 2 is 2.04 bits per heavy atom. The molecule has 136 valence electrons. The predicted molar refractivity (Wildman–Crippen MR) is 107 cm³/mol. The van der Waals surface area contributed by atoms with E-state index >= 15 is 0 Å². The van der Waals surface area contributed by atoms with Gasteiger partial charge in [0.05, 0.1) is 6.20 Å². The summed E-state index contributed by atoms with van der Waals surface area (Å²) in [6, 6.07) is 9.39. The molecule has 1 aromatic carbocycles. The van der Waals surface area contributed by atoms with E-state index in [0.29, 0.717) is 6.04 Å². The van der Waals surface area contributed by atoms with E-state index < -0.39 is 0 Å². The van der Waals surface area contributed by atoms with Gasteiger partial charge >= 0.3 is 0 Å². The van der Waals surface area contributed by atoms with Crippen LogP contribution in [0.2, 0.25) is 0 Å². The van der Waals surface area contributed by atoms with Crippen molar-refractivity contribution in [1.29, 1.82) is 0 Å². The summed E-state index contributed by atoms with van der Waals surface area (Å²) in [5.74, 6) is 0. The molecule has 0 radical (unpaired) electrons. The molecule has 3 heterocycles. The summed E-state index contributed by atoms with van der Waals surface area (Å²) in [4.78, 5) is 8.48. The molecule has 3 aromatic rings. The summed E-state index contributed by atoms with van der Waals surface area (Å²) in [5.41, 5.74) is 3.75. The minimum absolute atomic E-state index is 0.498. The maximum absolute atomic E-state index is 4.51. The van der Waals surface area contributed by atoms with E-state index in [9.17, 15) is 0 Å². The first-order valence-electron chi connectivity index (χ1n) is 9.24. The Kier molecular flexibility index (Phi) is 5.04. The van der Waals surface area contributed by atoms with Gasteiger partial charge in [-0.2, -0.15) is 5.10 Å². The van der Waals surface area contributed by atoms with Gasteiger partial charge in [-0.15, -0.1) is 11.3 Å². The molecule has 0 saturated carbocycles. The fraction of sp³-hybridized carbons (Fsp3) is 0.400. The maximum atomic E-state index is 4.51. The summed E-state index contributed by atoms with van der Waals surface area (Å²) < 4.78 is 1.84. The second-order valence-corrected chi connectivity index (χ2v) is 7.89. The second kappa shape index (κ2) is 7.60. The van der Waals surface area contributed by atoms with E-state index in [2.05, 4.69) is 63.9 Å². The highest BCUT2D eigenvalue weighted by Crippen LogP contribution is 2.37. The van der Waals surface area contributed by atoms with Crippen LogP contribution in [-0.4, -0.2) is 32.8 Å². The van der Waals surface area contributed by atoms with Crippen molar-refractivity contribution in [3.8, 4) is 11.1 Å². The molecule has 26 heavy (non-hydrogen) atoms. The molecule has 2 aromatic heterocycles. The number of aryl methyl sites for hydroxylation is 1. The predicted octanol–water partition coefficient (Wildman–Crippen LogP) is 4.31. The summed E-state index contributed by atoms with van der Waals surface area (Å²) in [6.07, 6.45) is 8.50. The van der Waals surface area contributed by atoms with Crippen LogP contribution < -0.4 is 5.32 Å². The van der Waals surface area contributed by atoms with E-state index in [0.717, 1.165) is 24.8 Å². The van der Waals surface area contributed by atoms with Crippen LogP contribution >= 0.6 is 11.3 Å². The molecule has 1 N–H and O–H groups in total. The Balaban J connectivity index is 1.45. The number of nitrogens with zero attached hydrogens (tertiary/aromatic N) is 4. The van der Waals surface area contributed by atoms with Crippen molar-refractivity contribution in [2.75, 3.05) is 18.4 Å². The van der Waals surface area contributed by atoms with Crippen LogP contribution in [0.3, 0.4) is 0 Å². The summed E-state index contributed by atoms with van der Waals surface area (Å²) >= 11 is 1.80. The van der Waals surface area contributed by atoms with Crippen LogP contribution in [-0.2, 0) is 13.6 Å². The zero-order chi connectivity index (χ0) is 17.9. The highest BCUT2D eigenvalue weighted by atomic mass is 32.1. The highest BCUT2D eigenvalue weighted by molar-refractivity contribution is 7.15. The van der Waals surface area contributed by atoms with Gasteiger partial charge in [0, 0.05) is 49.0 Å². The topological polar surface area (TPSA) is 46.0 Å². The average molecular weight is 368 g/mol. The smallest absolute Gasteiger partial charge is 0.182 e. The van der Waals surface area contributed by atoms with Crippen LogP contribution in [0.1, 0.15) is 36.2 Å². The molecule has 4 rings (SSSR count). The van der Waals surface area contributed by atoms with Crippen molar-refractivity contribution in [1.82, 2.24) is 19.7 Å². The number of aromatic nitrogens is 3. The Labute approximate surface area is 158 Å². The van der Waals surface area contributed by atoms with Gasteiger partial charge in [-0.05, 0) is 37.4 Å². The first-order valence-corrected chi connectivity index (χ1v) is 10.1. The number of benzene rings is 1. The fourth-order valence-electron chi connectivity index (χ4n) is 3.62. The maximum Gasteiger partial charge on any atom is 0.182 e. The molecule has 0 aliphatic carbocycles. The van der Waals surface area contributed by atoms with Gasteiger partial charge in [-0.1, -0.05) is 24.3 Å². The Bertz CT molecular complexity index is 851. The lowest BCUT2D eigenvalue weighted by Crippen LogP contribution is -2.22. The standard InChI is InChI=1S/C20H25N5S/c1-3-21-20-22-12-19(26-20)18-5-4-10-25(18)13-15-6-8-16(9-7-15)17-11-23-24(2)14-17/h6-9,11-12,14,18H,3-5,10,13H2,1-2H3,(H,21,22)/t18-/m0/s1. The minimum atomic E-state index is 0.498. The average Bonchev–Trinajstić information content (AvgIpc) is 3.37. The lowest BCUT2D eigenvalue weighted by molar-refractivity contribution is 0.251. The molecule has 5 nitrogen and oxygen atoms in total. The van der Waals surface area contributed by atoms with Crippen molar-refractivity contribution in [2.45, 2.75) is 32.4 Å². The third kappa shape index (κ3) is 3.66. The first kappa shape index (κ1) is 17.2. The highest BCUT2D eigenvalue weighted by Gasteiger charge is 2.27. The quantitative estimate of drug-likeness (QED) is 0.705. The van der Waals surface area contributed by atoms with Crippen molar-refractivity contribution in [2.24, 2.45) is 7.05 Å². The van der Waals surface area contributed by atoms with Crippen molar-refractivity contribution in [3.05, 3.63) is 53.3 Å². The lowest BCUT2D eigenvalue weighted by atomic mass is 10.1. The van der Waals surface area contributed by atoms with Gasteiger partial charge in [-0.25, -0.2) is 4.98 Å². The third-order valence-corrected chi connectivity index (χ3v) is 5.98. The van der Waals surface area contributed by atoms with Crippen molar-refractivity contribution in [3.63, 3.8) is 0 Å². The lowest BCUT2D eigenvalue weighted by Gasteiger charge is -2.23. The molecule has 0 unspecified atom stereocenters. The van der Waals surface area contributed by atoms with E-state index in [1.54, 1.807) is 11.3 Å². The minimum Gasteiger partial charge on any atom is -0.362 e. The van der Waals surface area contributed by atoms with Crippen LogP contribution in [0.4, 0.5) is 5.13 Å². The number of hydrogen-bond donors (Lipinski definition) is 1. The van der Waals surface area contributed by atoms with Crippen molar-refractivity contribution < 1.29 is 0 Å². The molecule has 1 atom stereocenters. The molecule has 0 amide bonds. The Morgan fingerprint density at radius 3 is 2.77 bits per heavy atom. The zero-order valence-electron chi connectivity index (χ0n) is 15.4. The molecule has 6 heteroatoms. The van der Waals surface area contributed by atoms with E-state index in [1.165, 1.54) is 34.4 Å². The van der Waals surface area contributed by atoms with E-state index in [-0.39, 0.29) is 0 Å². The van der Waals surface area contributed by atoms with E-state index in [4.69, 9.17) is 0 Å². The number of nitrogens with one attached hydrogen (secondary N) is 1. The normalized spacial score (nSPS) is 17.7. The number of hydrogen-bond acceptors (Lipinski definition) is 5. The van der Waals surface area contributed by atoms with Gasteiger partial charge in [0.15, 0.2) is 5.13 Å². The third-order valence-electron chi connectivity index (χ3n) is 4.92. The van der Waals surface area contributed by atoms with Crippen LogP contribution in [0.25, 0.3) is 11.1 Å². The Morgan fingerprint density at radius 1 is 1.19 bits per heavy atom. The molecule has 1 aliphatic rings. The van der Waals surface area contributed by atoms with Gasteiger partial charge < -0.3 is 5.32 Å². The number of likely N-dealkylation sites (tertiary alicyclic amines) is 1. The zero-order valence-corrected chi connectivity index (χ0v) is 16.2. The summed E-state index contributed by atoms with van der Waals surface area (Å²) in [7, 11) is 1.95. The molecule has 1 aliphatic heterocycles. The second-order valence-electron chi connectivity index (χ2n) is 6.83. The monoisotopic (exact) mass is 367 g/mol. The molecular weight excluding hydrogens is 342 g/mol. The summed E-state index contributed by atoms with van der Waals surface area (Å²) in [5, 5.41) is 8.61. The first-order chi connectivity index (χ1) is 12.7. The number of rotatable bonds is 6. The molecular formula is C20H25N5S. The van der Waals surface area contributed by atoms with Gasteiger partial charge in [0.2, 0.25) is 0 Å².